The Hall–Kier alpha value is -4.78. The van der Waals surface area contributed by atoms with Crippen LogP contribution in [-0.4, -0.2) is 24.7 Å². The number of benzene rings is 3. The molecule has 210 valence electrons. The fourth-order valence-corrected chi connectivity index (χ4v) is 6.58. The van der Waals surface area contributed by atoms with Gasteiger partial charge in [0.25, 0.3) is 5.91 Å². The van der Waals surface area contributed by atoms with Crippen molar-refractivity contribution in [1.29, 1.82) is 5.26 Å². The smallest absolute Gasteiger partial charge is 0.254 e. The minimum atomic E-state index is -0.595. The SMILES string of the molecule is COc1ccccc1NC(=O)C1=C(C)NC(SCC(=O)N(c2ccccc2)c2ccccc2)=C(C#N)C1c1cccs1. The molecule has 42 heavy (non-hydrogen) atoms. The number of para-hydroxylation sites is 4. The molecule has 3 aromatic carbocycles. The maximum absolute atomic E-state index is 13.7. The summed E-state index contributed by atoms with van der Waals surface area (Å²) < 4.78 is 5.41. The largest absolute Gasteiger partial charge is 0.495 e. The summed E-state index contributed by atoms with van der Waals surface area (Å²) in [6.07, 6.45) is 0. The monoisotopic (exact) mass is 592 g/mol. The number of thiophene rings is 1. The van der Waals surface area contributed by atoms with Gasteiger partial charge in [-0.05, 0) is 54.8 Å². The first kappa shape index (κ1) is 28.7. The highest BCUT2D eigenvalue weighted by Crippen LogP contribution is 2.43. The number of methoxy groups -OCH3 is 1. The molecule has 1 aliphatic heterocycles. The quantitative estimate of drug-likeness (QED) is 0.214. The number of dihydropyridines is 1. The van der Waals surface area contributed by atoms with Crippen LogP contribution in [0.25, 0.3) is 0 Å². The van der Waals surface area contributed by atoms with E-state index in [2.05, 4.69) is 16.7 Å². The highest BCUT2D eigenvalue weighted by atomic mass is 32.2. The molecule has 9 heteroatoms. The summed E-state index contributed by atoms with van der Waals surface area (Å²) in [5.41, 5.74) is 3.47. The van der Waals surface area contributed by atoms with E-state index in [-0.39, 0.29) is 17.6 Å². The molecule has 0 bridgehead atoms. The molecule has 0 aliphatic carbocycles. The Kier molecular flexibility index (Phi) is 9.07. The lowest BCUT2D eigenvalue weighted by atomic mass is 9.86. The van der Waals surface area contributed by atoms with Crippen molar-refractivity contribution in [2.24, 2.45) is 0 Å². The first-order valence-electron chi connectivity index (χ1n) is 13.2. The van der Waals surface area contributed by atoms with Crippen LogP contribution in [0.3, 0.4) is 0 Å². The van der Waals surface area contributed by atoms with Gasteiger partial charge in [-0.15, -0.1) is 11.3 Å². The number of rotatable bonds is 9. The Labute approximate surface area is 253 Å². The number of hydrogen-bond donors (Lipinski definition) is 2. The molecule has 7 nitrogen and oxygen atoms in total. The Bertz CT molecular complexity index is 1640. The average Bonchev–Trinajstić information content (AvgIpc) is 3.56. The van der Waals surface area contributed by atoms with Gasteiger partial charge in [0.15, 0.2) is 0 Å². The zero-order chi connectivity index (χ0) is 29.5. The van der Waals surface area contributed by atoms with E-state index in [4.69, 9.17) is 4.74 Å². The second-order valence-electron chi connectivity index (χ2n) is 9.31. The second kappa shape index (κ2) is 13.3. The third kappa shape index (κ3) is 6.10. The zero-order valence-electron chi connectivity index (χ0n) is 23.0. The number of carbonyl (C=O) groups is 2. The standard InChI is InChI=1S/C33H28N4O3S2/c1-22-30(32(39)36-26-16-9-10-17-27(26)40-2)31(28-18-11-19-41-28)25(20-34)33(35-22)42-21-29(38)37(23-12-5-3-6-13-23)24-14-7-4-8-15-24/h3-19,31,35H,21H2,1-2H3,(H,36,39). The summed E-state index contributed by atoms with van der Waals surface area (Å²) in [6.45, 7) is 1.81. The Morgan fingerprint density at radius 1 is 0.976 bits per heavy atom. The van der Waals surface area contributed by atoms with E-state index in [0.29, 0.717) is 33.3 Å². The highest BCUT2D eigenvalue weighted by molar-refractivity contribution is 8.03. The number of nitrogens with one attached hydrogen (secondary N) is 2. The lowest BCUT2D eigenvalue weighted by Crippen LogP contribution is -2.32. The molecule has 4 aromatic rings. The van der Waals surface area contributed by atoms with Crippen LogP contribution in [0.15, 0.2) is 124 Å². The fraction of sp³-hybridized carbons (Fsp3) is 0.121. The van der Waals surface area contributed by atoms with E-state index in [9.17, 15) is 14.9 Å². The molecular weight excluding hydrogens is 565 g/mol. The normalized spacial score (nSPS) is 14.5. The number of anilines is 3. The molecule has 5 rings (SSSR count). The van der Waals surface area contributed by atoms with Gasteiger partial charge in [-0.25, -0.2) is 0 Å². The van der Waals surface area contributed by atoms with Crippen LogP contribution in [-0.2, 0) is 9.59 Å². The molecule has 2 amide bonds. The lowest BCUT2D eigenvalue weighted by Gasteiger charge is -2.29. The first-order valence-corrected chi connectivity index (χ1v) is 15.0. The topological polar surface area (TPSA) is 94.5 Å². The molecule has 1 aliphatic rings. The van der Waals surface area contributed by atoms with Crippen molar-refractivity contribution in [3.05, 3.63) is 129 Å². The number of amides is 2. The van der Waals surface area contributed by atoms with E-state index >= 15 is 0 Å². The van der Waals surface area contributed by atoms with Crippen LogP contribution in [0.1, 0.15) is 17.7 Å². The van der Waals surface area contributed by atoms with Crippen molar-refractivity contribution < 1.29 is 14.3 Å². The summed E-state index contributed by atoms with van der Waals surface area (Å²) in [5.74, 6) is -0.464. The predicted molar refractivity (Wildman–Crippen MR) is 170 cm³/mol. The Balaban J connectivity index is 1.45. The molecule has 1 unspecified atom stereocenters. The number of nitrogens with zero attached hydrogens (tertiary/aromatic N) is 2. The molecule has 2 heterocycles. The van der Waals surface area contributed by atoms with Crippen molar-refractivity contribution >= 4 is 52.0 Å². The lowest BCUT2D eigenvalue weighted by molar-refractivity contribution is -0.115. The number of allylic oxidation sites excluding steroid dienone is 2. The third-order valence-corrected chi connectivity index (χ3v) is 8.63. The van der Waals surface area contributed by atoms with E-state index in [1.165, 1.54) is 23.1 Å². The van der Waals surface area contributed by atoms with E-state index in [1.54, 1.807) is 24.1 Å². The van der Waals surface area contributed by atoms with E-state index in [0.717, 1.165) is 16.3 Å². The van der Waals surface area contributed by atoms with Crippen molar-refractivity contribution in [1.82, 2.24) is 5.32 Å². The summed E-state index contributed by atoms with van der Waals surface area (Å²) in [7, 11) is 1.55. The van der Waals surface area contributed by atoms with Crippen molar-refractivity contribution in [3.8, 4) is 11.8 Å². The van der Waals surface area contributed by atoms with Crippen LogP contribution in [0, 0.1) is 11.3 Å². The summed E-state index contributed by atoms with van der Waals surface area (Å²) in [5, 5.41) is 19.1. The van der Waals surface area contributed by atoms with Crippen LogP contribution in [0.5, 0.6) is 5.75 Å². The van der Waals surface area contributed by atoms with Crippen LogP contribution in [0.2, 0.25) is 0 Å². The first-order chi connectivity index (χ1) is 20.5. The highest BCUT2D eigenvalue weighted by Gasteiger charge is 2.36. The molecular formula is C33H28N4O3S2. The maximum atomic E-state index is 13.7. The second-order valence-corrected chi connectivity index (χ2v) is 11.3. The third-order valence-electron chi connectivity index (χ3n) is 6.69. The number of nitriles is 1. The number of carbonyl (C=O) groups excluding carboxylic acids is 2. The molecule has 0 fully saturated rings. The van der Waals surface area contributed by atoms with Crippen molar-refractivity contribution in [3.63, 3.8) is 0 Å². The Morgan fingerprint density at radius 2 is 1.62 bits per heavy atom. The van der Waals surface area contributed by atoms with Crippen molar-refractivity contribution in [2.75, 3.05) is 23.1 Å². The van der Waals surface area contributed by atoms with Gasteiger partial charge < -0.3 is 15.4 Å². The summed E-state index contributed by atoms with van der Waals surface area (Å²) >= 11 is 2.73. The van der Waals surface area contributed by atoms with Gasteiger partial charge in [0.2, 0.25) is 5.91 Å². The van der Waals surface area contributed by atoms with Gasteiger partial charge in [0.1, 0.15) is 5.75 Å². The molecule has 2 N–H and O–H groups in total. The van der Waals surface area contributed by atoms with Crippen LogP contribution in [0.4, 0.5) is 17.1 Å². The van der Waals surface area contributed by atoms with Crippen LogP contribution >= 0.6 is 23.1 Å². The zero-order valence-corrected chi connectivity index (χ0v) is 24.7. The number of ether oxygens (including phenoxy) is 1. The number of hydrogen-bond acceptors (Lipinski definition) is 7. The fourth-order valence-electron chi connectivity index (χ4n) is 4.79. The summed E-state index contributed by atoms with van der Waals surface area (Å²) in [6, 6.07) is 32.3. The van der Waals surface area contributed by atoms with Gasteiger partial charge in [0.05, 0.1) is 41.1 Å². The van der Waals surface area contributed by atoms with Crippen molar-refractivity contribution in [2.45, 2.75) is 12.8 Å². The van der Waals surface area contributed by atoms with Gasteiger partial charge in [0, 0.05) is 27.5 Å². The van der Waals surface area contributed by atoms with Crippen LogP contribution < -0.4 is 20.3 Å². The van der Waals surface area contributed by atoms with E-state index < -0.39 is 5.92 Å². The molecule has 0 saturated heterocycles. The van der Waals surface area contributed by atoms with Gasteiger partial charge >= 0.3 is 0 Å². The molecule has 0 saturated carbocycles. The van der Waals surface area contributed by atoms with Gasteiger partial charge in [-0.2, -0.15) is 5.26 Å². The summed E-state index contributed by atoms with van der Waals surface area (Å²) in [4.78, 5) is 30.0. The Morgan fingerprint density at radius 3 is 2.21 bits per heavy atom. The maximum Gasteiger partial charge on any atom is 0.254 e. The molecule has 0 radical (unpaired) electrons. The van der Waals surface area contributed by atoms with Gasteiger partial charge in [-0.3, -0.25) is 14.5 Å². The van der Waals surface area contributed by atoms with Gasteiger partial charge in [-0.1, -0.05) is 66.4 Å². The predicted octanol–water partition coefficient (Wildman–Crippen LogP) is 7.19. The average molecular weight is 593 g/mol. The molecule has 1 aromatic heterocycles. The molecule has 0 spiro atoms. The molecule has 1 atom stereocenters. The minimum absolute atomic E-state index is 0.0739. The number of thioether (sulfide) groups is 1. The minimum Gasteiger partial charge on any atom is -0.495 e. The van der Waals surface area contributed by atoms with E-state index in [1.807, 2.05) is 97.2 Å².